The summed E-state index contributed by atoms with van der Waals surface area (Å²) in [7, 11) is 1.29. The van der Waals surface area contributed by atoms with Gasteiger partial charge in [-0.15, -0.1) is 0 Å². The maximum absolute atomic E-state index is 12.6. The van der Waals surface area contributed by atoms with E-state index in [4.69, 9.17) is 4.74 Å². The monoisotopic (exact) mass is 277 g/mol. The summed E-state index contributed by atoms with van der Waals surface area (Å²) in [6, 6.07) is -0.755. The number of methoxy groups -OCH3 is 1. The van der Waals surface area contributed by atoms with Gasteiger partial charge in [-0.25, -0.2) is 4.79 Å². The highest BCUT2D eigenvalue weighted by atomic mass is 16.5. The van der Waals surface area contributed by atoms with Crippen LogP contribution in [0.2, 0.25) is 0 Å². The lowest BCUT2D eigenvalue weighted by molar-refractivity contribution is -0.157. The van der Waals surface area contributed by atoms with E-state index in [1.807, 2.05) is 19.1 Å². The van der Waals surface area contributed by atoms with Crippen LogP contribution in [-0.4, -0.2) is 35.8 Å². The number of likely N-dealkylation sites (tertiary alicyclic amines) is 1. The number of carbonyl (C=O) groups is 3. The third-order valence-electron chi connectivity index (χ3n) is 4.85. The van der Waals surface area contributed by atoms with Crippen molar-refractivity contribution in [3.63, 3.8) is 0 Å². The molecule has 3 aliphatic rings. The van der Waals surface area contributed by atoms with Crippen LogP contribution in [0.4, 0.5) is 0 Å². The topological polar surface area (TPSA) is 63.7 Å². The molecule has 0 aromatic carbocycles. The Balaban J connectivity index is 1.90. The summed E-state index contributed by atoms with van der Waals surface area (Å²) in [5.41, 5.74) is 0. The molecule has 2 aliphatic carbocycles. The van der Waals surface area contributed by atoms with E-state index >= 15 is 0 Å². The Morgan fingerprint density at radius 3 is 2.30 bits per heavy atom. The number of hydrogen-bond acceptors (Lipinski definition) is 4. The maximum atomic E-state index is 12.6. The van der Waals surface area contributed by atoms with Crippen molar-refractivity contribution in [2.24, 2.45) is 23.7 Å². The second kappa shape index (κ2) is 4.72. The van der Waals surface area contributed by atoms with E-state index in [0.717, 1.165) is 12.8 Å². The van der Waals surface area contributed by atoms with Crippen molar-refractivity contribution in [2.45, 2.75) is 32.2 Å². The summed E-state index contributed by atoms with van der Waals surface area (Å²) in [6.07, 6.45) is 6.18. The summed E-state index contributed by atoms with van der Waals surface area (Å²) in [5, 5.41) is 0. The first-order valence-corrected chi connectivity index (χ1v) is 7.23. The minimum absolute atomic E-state index is 0.173. The number of fused-ring (bicyclic) bond motifs is 5. The molecular formula is C15H19NO4. The van der Waals surface area contributed by atoms with Crippen molar-refractivity contribution < 1.29 is 19.1 Å². The minimum Gasteiger partial charge on any atom is -0.467 e. The fourth-order valence-corrected chi connectivity index (χ4v) is 3.99. The molecule has 1 aliphatic heterocycles. The number of nitrogens with zero attached hydrogens (tertiary/aromatic N) is 1. The van der Waals surface area contributed by atoms with Crippen LogP contribution in [0.5, 0.6) is 0 Å². The summed E-state index contributed by atoms with van der Waals surface area (Å²) in [5.74, 6) is -1.00. The quantitative estimate of drug-likeness (QED) is 0.439. The first-order valence-electron chi connectivity index (χ1n) is 7.23. The van der Waals surface area contributed by atoms with Crippen LogP contribution in [0.3, 0.4) is 0 Å². The Morgan fingerprint density at radius 2 is 1.85 bits per heavy atom. The molecule has 0 aromatic rings. The lowest BCUT2D eigenvalue weighted by atomic mass is 9.85. The van der Waals surface area contributed by atoms with Gasteiger partial charge in [0.15, 0.2) is 0 Å². The molecule has 2 fully saturated rings. The Kier molecular flexibility index (Phi) is 3.15. The Labute approximate surface area is 117 Å². The first kappa shape index (κ1) is 13.3. The van der Waals surface area contributed by atoms with Crippen LogP contribution in [0.15, 0.2) is 12.2 Å². The summed E-state index contributed by atoms with van der Waals surface area (Å²) in [4.78, 5) is 38.3. The van der Waals surface area contributed by atoms with Crippen molar-refractivity contribution in [1.82, 2.24) is 4.90 Å². The predicted molar refractivity (Wildman–Crippen MR) is 70.3 cm³/mol. The standard InChI is InChI=1S/C15H19NO4/c1-3-4-10(15(19)20-2)16-13(17)11-8-5-6-9(7-8)12(11)14(16)18/h5-6,8-12H,3-4,7H2,1-2H3/t8-,9-,10+,11-,12+/m1/s1. The van der Waals surface area contributed by atoms with Crippen molar-refractivity contribution in [3.05, 3.63) is 12.2 Å². The number of imide groups is 1. The second-order valence-corrected chi connectivity index (χ2v) is 5.87. The molecule has 20 heavy (non-hydrogen) atoms. The summed E-state index contributed by atoms with van der Waals surface area (Å²) >= 11 is 0. The first-order chi connectivity index (χ1) is 9.60. The highest BCUT2D eigenvalue weighted by molar-refractivity contribution is 6.08. The summed E-state index contributed by atoms with van der Waals surface area (Å²) in [6.45, 7) is 1.92. The van der Waals surface area contributed by atoms with Crippen LogP contribution >= 0.6 is 0 Å². The van der Waals surface area contributed by atoms with Crippen molar-refractivity contribution >= 4 is 17.8 Å². The molecule has 2 bridgehead atoms. The molecule has 108 valence electrons. The number of carbonyl (C=O) groups excluding carboxylic acids is 3. The number of allylic oxidation sites excluding steroid dienone is 2. The van der Waals surface area contributed by atoms with Gasteiger partial charge >= 0.3 is 5.97 Å². The molecule has 0 spiro atoms. The van der Waals surface area contributed by atoms with Crippen LogP contribution in [0, 0.1) is 23.7 Å². The molecule has 1 saturated heterocycles. The number of rotatable bonds is 4. The predicted octanol–water partition coefficient (Wildman–Crippen LogP) is 1.14. The molecule has 1 heterocycles. The normalized spacial score (nSPS) is 35.6. The zero-order valence-electron chi connectivity index (χ0n) is 11.7. The van der Waals surface area contributed by atoms with Crippen molar-refractivity contribution in [1.29, 1.82) is 0 Å². The van der Waals surface area contributed by atoms with Gasteiger partial charge < -0.3 is 4.74 Å². The van der Waals surface area contributed by atoms with Gasteiger partial charge in [0.2, 0.25) is 11.8 Å². The maximum Gasteiger partial charge on any atom is 0.329 e. The van der Waals surface area contributed by atoms with Crippen LogP contribution in [0.1, 0.15) is 26.2 Å². The lowest BCUT2D eigenvalue weighted by Crippen LogP contribution is -2.46. The number of hydrogen-bond donors (Lipinski definition) is 0. The zero-order valence-corrected chi connectivity index (χ0v) is 11.7. The van der Waals surface area contributed by atoms with Crippen molar-refractivity contribution in [3.8, 4) is 0 Å². The van der Waals surface area contributed by atoms with E-state index in [-0.39, 0.29) is 35.5 Å². The van der Waals surface area contributed by atoms with E-state index in [2.05, 4.69) is 0 Å². The third-order valence-corrected chi connectivity index (χ3v) is 4.85. The zero-order chi connectivity index (χ0) is 14.4. The SMILES string of the molecule is CCC[C@@H](C(=O)OC)N1C(=O)[C@@H]2[C@H](C1=O)[C@@H]1C=C[C@@H]2C1. The average Bonchev–Trinajstić information content (AvgIpc) is 3.11. The molecule has 5 atom stereocenters. The van der Waals surface area contributed by atoms with E-state index in [9.17, 15) is 14.4 Å². The van der Waals surface area contributed by atoms with E-state index in [1.165, 1.54) is 12.0 Å². The van der Waals surface area contributed by atoms with E-state index in [0.29, 0.717) is 6.42 Å². The van der Waals surface area contributed by atoms with Gasteiger partial charge in [-0.3, -0.25) is 14.5 Å². The molecule has 1 saturated carbocycles. The summed E-state index contributed by atoms with van der Waals surface area (Å²) < 4.78 is 4.76. The van der Waals surface area contributed by atoms with Gasteiger partial charge in [-0.05, 0) is 24.7 Å². The molecule has 0 radical (unpaired) electrons. The second-order valence-electron chi connectivity index (χ2n) is 5.87. The number of esters is 1. The van der Waals surface area contributed by atoms with Crippen LogP contribution in [-0.2, 0) is 19.1 Å². The smallest absolute Gasteiger partial charge is 0.329 e. The fourth-order valence-electron chi connectivity index (χ4n) is 3.99. The van der Waals surface area contributed by atoms with E-state index in [1.54, 1.807) is 0 Å². The fraction of sp³-hybridized carbons (Fsp3) is 0.667. The van der Waals surface area contributed by atoms with Gasteiger partial charge in [0, 0.05) is 0 Å². The van der Waals surface area contributed by atoms with Crippen LogP contribution in [0.25, 0.3) is 0 Å². The van der Waals surface area contributed by atoms with Gasteiger partial charge in [0.1, 0.15) is 6.04 Å². The Bertz CT molecular complexity index is 468. The van der Waals surface area contributed by atoms with Gasteiger partial charge in [0.05, 0.1) is 18.9 Å². The molecular weight excluding hydrogens is 258 g/mol. The number of ether oxygens (including phenoxy) is 1. The van der Waals surface area contributed by atoms with Crippen molar-refractivity contribution in [2.75, 3.05) is 7.11 Å². The highest BCUT2D eigenvalue weighted by Gasteiger charge is 2.61. The average molecular weight is 277 g/mol. The Morgan fingerprint density at radius 1 is 1.30 bits per heavy atom. The molecule has 0 N–H and O–H groups in total. The molecule has 0 unspecified atom stereocenters. The molecule has 2 amide bonds. The molecule has 5 nitrogen and oxygen atoms in total. The minimum atomic E-state index is -0.755. The third kappa shape index (κ3) is 1.65. The van der Waals surface area contributed by atoms with Gasteiger partial charge in [0.25, 0.3) is 0 Å². The lowest BCUT2D eigenvalue weighted by Gasteiger charge is -2.25. The largest absolute Gasteiger partial charge is 0.467 e. The van der Waals surface area contributed by atoms with Gasteiger partial charge in [-0.1, -0.05) is 25.5 Å². The number of amides is 2. The van der Waals surface area contributed by atoms with E-state index < -0.39 is 12.0 Å². The molecule has 5 heteroatoms. The molecule has 0 aromatic heterocycles. The Hall–Kier alpha value is -1.65. The van der Waals surface area contributed by atoms with Gasteiger partial charge in [-0.2, -0.15) is 0 Å². The molecule has 3 rings (SSSR count). The van der Waals surface area contributed by atoms with Crippen LogP contribution < -0.4 is 0 Å². The highest BCUT2D eigenvalue weighted by Crippen LogP contribution is 2.53.